The summed E-state index contributed by atoms with van der Waals surface area (Å²) in [6.07, 6.45) is 2.96. The van der Waals surface area contributed by atoms with E-state index in [1.807, 2.05) is 0 Å². The van der Waals surface area contributed by atoms with Gasteiger partial charge in [-0.25, -0.2) is 4.79 Å². The molecular formula is C19H35N5O5. The number of hydrogen-bond donors (Lipinski definition) is 5. The number of nitrogens with two attached hydrogens (primary N) is 2. The van der Waals surface area contributed by atoms with E-state index in [2.05, 4.69) is 10.6 Å². The lowest BCUT2D eigenvalue weighted by molar-refractivity contribution is -0.150. The van der Waals surface area contributed by atoms with Gasteiger partial charge in [0, 0.05) is 6.54 Å². The lowest BCUT2D eigenvalue weighted by Gasteiger charge is -2.30. The summed E-state index contributed by atoms with van der Waals surface area (Å²) in [5, 5.41) is 14.5. The Kier molecular flexibility index (Phi) is 10.0. The Balaban J connectivity index is 2.68. The third-order valence-corrected chi connectivity index (χ3v) is 5.11. The number of carbonyl (C=O) groups excluding carboxylic acids is 3. The van der Waals surface area contributed by atoms with Crippen LogP contribution in [-0.2, 0) is 19.2 Å². The topological polar surface area (TPSA) is 168 Å². The number of nitrogens with zero attached hydrogens (tertiary/aromatic N) is 1. The zero-order chi connectivity index (χ0) is 22.1. The van der Waals surface area contributed by atoms with Crippen LogP contribution in [0, 0.1) is 5.92 Å². The van der Waals surface area contributed by atoms with Crippen LogP contribution in [-0.4, -0.2) is 71.0 Å². The van der Waals surface area contributed by atoms with Gasteiger partial charge in [0.15, 0.2) is 0 Å². The van der Waals surface area contributed by atoms with Crippen LogP contribution in [0.25, 0.3) is 0 Å². The smallest absolute Gasteiger partial charge is 0.326 e. The second-order valence-corrected chi connectivity index (χ2v) is 7.88. The number of carboxylic acids is 1. The summed E-state index contributed by atoms with van der Waals surface area (Å²) >= 11 is 0. The fourth-order valence-corrected chi connectivity index (χ4v) is 3.28. The Bertz CT molecular complexity index is 598. The van der Waals surface area contributed by atoms with Crippen LogP contribution in [0.15, 0.2) is 0 Å². The normalized spacial score (nSPS) is 19.5. The van der Waals surface area contributed by atoms with Crippen LogP contribution in [0.1, 0.15) is 52.9 Å². The third-order valence-electron chi connectivity index (χ3n) is 5.11. The highest BCUT2D eigenvalue weighted by molar-refractivity contribution is 5.94. The van der Waals surface area contributed by atoms with Crippen molar-refractivity contribution in [1.82, 2.24) is 15.5 Å². The fraction of sp³-hybridized carbons (Fsp3) is 0.789. The minimum Gasteiger partial charge on any atom is -0.480 e. The first kappa shape index (κ1) is 24.8. The number of carbonyl (C=O) groups is 4. The van der Waals surface area contributed by atoms with E-state index >= 15 is 0 Å². The molecule has 0 aliphatic carbocycles. The van der Waals surface area contributed by atoms with E-state index in [9.17, 15) is 24.3 Å². The van der Waals surface area contributed by atoms with Gasteiger partial charge >= 0.3 is 5.97 Å². The first-order chi connectivity index (χ1) is 13.6. The number of unbranched alkanes of at least 4 members (excludes halogenated alkanes) is 1. The molecule has 1 aliphatic heterocycles. The fourth-order valence-electron chi connectivity index (χ4n) is 3.28. The molecule has 0 aromatic carbocycles. The van der Waals surface area contributed by atoms with Crippen molar-refractivity contribution >= 4 is 23.7 Å². The van der Waals surface area contributed by atoms with Gasteiger partial charge in [0.25, 0.3) is 0 Å². The van der Waals surface area contributed by atoms with Crippen molar-refractivity contribution in [3.8, 4) is 0 Å². The van der Waals surface area contributed by atoms with Gasteiger partial charge in [-0.2, -0.15) is 0 Å². The van der Waals surface area contributed by atoms with E-state index in [-0.39, 0.29) is 5.92 Å². The largest absolute Gasteiger partial charge is 0.480 e. The SMILES string of the molecule is CC(NC(=O)C(N)CCCCN)C(=O)NC(C(=O)N1CCCC1C(=O)O)C(C)C. The number of amides is 3. The highest BCUT2D eigenvalue weighted by Crippen LogP contribution is 2.20. The van der Waals surface area contributed by atoms with Crippen LogP contribution in [0.3, 0.4) is 0 Å². The molecule has 4 atom stereocenters. The van der Waals surface area contributed by atoms with Gasteiger partial charge in [0.2, 0.25) is 17.7 Å². The number of aliphatic carboxylic acids is 1. The molecule has 1 fully saturated rings. The van der Waals surface area contributed by atoms with Crippen molar-refractivity contribution in [2.45, 2.75) is 77.0 Å². The molecule has 10 heteroatoms. The number of hydrogen-bond acceptors (Lipinski definition) is 6. The first-order valence-electron chi connectivity index (χ1n) is 10.2. The van der Waals surface area contributed by atoms with Gasteiger partial charge in [-0.1, -0.05) is 20.3 Å². The molecule has 10 nitrogen and oxygen atoms in total. The van der Waals surface area contributed by atoms with Crippen molar-refractivity contribution in [3.63, 3.8) is 0 Å². The molecule has 1 heterocycles. The van der Waals surface area contributed by atoms with Crippen molar-refractivity contribution in [2.24, 2.45) is 17.4 Å². The molecule has 1 rings (SSSR count). The van der Waals surface area contributed by atoms with Crippen LogP contribution in [0.5, 0.6) is 0 Å². The molecule has 0 saturated carbocycles. The molecule has 0 aromatic heterocycles. The molecule has 3 amide bonds. The average Bonchev–Trinajstić information content (AvgIpc) is 3.15. The predicted octanol–water partition coefficient (Wildman–Crippen LogP) is -0.836. The van der Waals surface area contributed by atoms with Gasteiger partial charge in [-0.15, -0.1) is 0 Å². The first-order valence-corrected chi connectivity index (χ1v) is 10.2. The van der Waals surface area contributed by atoms with Gasteiger partial charge in [-0.3, -0.25) is 14.4 Å². The maximum absolute atomic E-state index is 12.9. The van der Waals surface area contributed by atoms with Crippen LogP contribution in [0.2, 0.25) is 0 Å². The monoisotopic (exact) mass is 413 g/mol. The number of rotatable bonds is 11. The summed E-state index contributed by atoms with van der Waals surface area (Å²) < 4.78 is 0. The van der Waals surface area contributed by atoms with Gasteiger partial charge in [0.1, 0.15) is 18.1 Å². The Morgan fingerprint density at radius 3 is 2.31 bits per heavy atom. The van der Waals surface area contributed by atoms with Crippen molar-refractivity contribution in [1.29, 1.82) is 0 Å². The van der Waals surface area contributed by atoms with Crippen LogP contribution >= 0.6 is 0 Å². The highest BCUT2D eigenvalue weighted by Gasteiger charge is 2.39. The minimum atomic E-state index is -1.05. The molecule has 0 spiro atoms. The summed E-state index contributed by atoms with van der Waals surface area (Å²) in [5.74, 6) is -2.68. The predicted molar refractivity (Wildman–Crippen MR) is 108 cm³/mol. The van der Waals surface area contributed by atoms with Gasteiger partial charge in [0.05, 0.1) is 6.04 Å². The Morgan fingerprint density at radius 1 is 1.10 bits per heavy atom. The molecule has 166 valence electrons. The highest BCUT2D eigenvalue weighted by atomic mass is 16.4. The molecule has 0 radical (unpaired) electrons. The second-order valence-electron chi connectivity index (χ2n) is 7.88. The van der Waals surface area contributed by atoms with Crippen LogP contribution < -0.4 is 22.1 Å². The van der Waals surface area contributed by atoms with E-state index in [1.165, 1.54) is 11.8 Å². The molecule has 7 N–H and O–H groups in total. The van der Waals surface area contributed by atoms with Gasteiger partial charge < -0.3 is 32.1 Å². The number of nitrogens with one attached hydrogen (secondary N) is 2. The molecular weight excluding hydrogens is 378 g/mol. The summed E-state index contributed by atoms with van der Waals surface area (Å²) in [5.41, 5.74) is 11.2. The Labute approximate surface area is 171 Å². The lowest BCUT2D eigenvalue weighted by Crippen LogP contribution is -2.57. The molecule has 0 bridgehead atoms. The maximum atomic E-state index is 12.9. The summed E-state index contributed by atoms with van der Waals surface area (Å²) in [7, 11) is 0. The van der Waals surface area contributed by atoms with Crippen LogP contribution in [0.4, 0.5) is 0 Å². The van der Waals surface area contributed by atoms with E-state index < -0.39 is 47.9 Å². The molecule has 4 unspecified atom stereocenters. The zero-order valence-electron chi connectivity index (χ0n) is 17.5. The summed E-state index contributed by atoms with van der Waals surface area (Å²) in [6, 6.07) is -3.37. The van der Waals surface area contributed by atoms with E-state index in [0.29, 0.717) is 32.4 Å². The molecule has 1 saturated heterocycles. The van der Waals surface area contributed by atoms with Crippen molar-refractivity contribution in [2.75, 3.05) is 13.1 Å². The minimum absolute atomic E-state index is 0.247. The second kappa shape index (κ2) is 11.7. The number of likely N-dealkylation sites (tertiary alicyclic amines) is 1. The third kappa shape index (κ3) is 7.28. The van der Waals surface area contributed by atoms with E-state index in [4.69, 9.17) is 11.5 Å². The quantitative estimate of drug-likeness (QED) is 0.275. The molecule has 1 aliphatic rings. The van der Waals surface area contributed by atoms with E-state index in [1.54, 1.807) is 13.8 Å². The average molecular weight is 414 g/mol. The summed E-state index contributed by atoms with van der Waals surface area (Å²) in [6.45, 7) is 5.92. The summed E-state index contributed by atoms with van der Waals surface area (Å²) in [4.78, 5) is 50.2. The molecule has 29 heavy (non-hydrogen) atoms. The number of carboxylic acid groups (broad SMARTS) is 1. The van der Waals surface area contributed by atoms with E-state index in [0.717, 1.165) is 12.8 Å². The standard InChI is InChI=1S/C19H35N5O5/c1-11(2)15(18(27)24-10-6-8-14(24)19(28)29)23-16(25)12(3)22-17(26)13(21)7-4-5-9-20/h11-15H,4-10,20-21H2,1-3H3,(H,22,26)(H,23,25)(H,28,29). The molecule has 0 aromatic rings. The van der Waals surface area contributed by atoms with Crippen molar-refractivity contribution < 1.29 is 24.3 Å². The lowest BCUT2D eigenvalue weighted by atomic mass is 10.0. The zero-order valence-corrected chi connectivity index (χ0v) is 17.5. The Hall–Kier alpha value is -2.20. The Morgan fingerprint density at radius 2 is 1.76 bits per heavy atom. The maximum Gasteiger partial charge on any atom is 0.326 e. The van der Waals surface area contributed by atoms with Gasteiger partial charge in [-0.05, 0) is 45.1 Å². The van der Waals surface area contributed by atoms with Crippen molar-refractivity contribution in [3.05, 3.63) is 0 Å².